The first kappa shape index (κ1) is 24.9. The number of rotatable bonds is 8. The molecule has 10 heteroatoms. The predicted molar refractivity (Wildman–Crippen MR) is 125 cm³/mol. The maximum atomic E-state index is 11.8. The van der Waals surface area contributed by atoms with Crippen molar-refractivity contribution in [3.05, 3.63) is 36.2 Å². The molecule has 10 nitrogen and oxygen atoms in total. The number of piperidine rings is 1. The second-order valence-electron chi connectivity index (χ2n) is 7.75. The average Bonchev–Trinajstić information content (AvgIpc) is 2.75. The van der Waals surface area contributed by atoms with Gasteiger partial charge in [0.2, 0.25) is 5.91 Å². The van der Waals surface area contributed by atoms with Gasteiger partial charge in [-0.3, -0.25) is 9.59 Å². The maximum absolute atomic E-state index is 11.8. The van der Waals surface area contributed by atoms with Crippen LogP contribution < -0.4 is 26.4 Å². The third-order valence-corrected chi connectivity index (χ3v) is 4.60. The van der Waals surface area contributed by atoms with Crippen molar-refractivity contribution in [3.63, 3.8) is 0 Å². The predicted octanol–water partition coefficient (Wildman–Crippen LogP) is 1.74. The van der Waals surface area contributed by atoms with Crippen LogP contribution in [0.3, 0.4) is 0 Å². The van der Waals surface area contributed by atoms with Crippen LogP contribution >= 0.6 is 0 Å². The van der Waals surface area contributed by atoms with E-state index >= 15 is 0 Å². The molecule has 1 aliphatic rings. The van der Waals surface area contributed by atoms with E-state index in [1.165, 1.54) is 13.3 Å². The lowest BCUT2D eigenvalue weighted by Crippen LogP contribution is -2.31. The zero-order chi connectivity index (χ0) is 23.5. The number of nitrogens with zero attached hydrogens (tertiary/aromatic N) is 4. The van der Waals surface area contributed by atoms with Crippen LogP contribution in [-0.2, 0) is 4.79 Å². The van der Waals surface area contributed by atoms with Gasteiger partial charge in [0.15, 0.2) is 11.5 Å². The molecule has 2 aromatic rings. The largest absolute Gasteiger partial charge is 0.492 e. The Morgan fingerprint density at radius 2 is 1.75 bits per heavy atom. The minimum absolute atomic E-state index is 0.132. The first-order chi connectivity index (χ1) is 15.3. The van der Waals surface area contributed by atoms with E-state index in [2.05, 4.69) is 30.8 Å². The van der Waals surface area contributed by atoms with Crippen molar-refractivity contribution in [3.8, 4) is 5.75 Å². The molecular formula is C22H33N7O3. The van der Waals surface area contributed by atoms with Crippen molar-refractivity contribution in [2.45, 2.75) is 26.2 Å². The normalized spacial score (nSPS) is 13.2. The Morgan fingerprint density at radius 3 is 2.31 bits per heavy atom. The monoisotopic (exact) mass is 443 g/mol. The SMILES string of the molecule is CC(N)=O.CN(C)CCOc1ccc(Nc2nc(N3CCCCC3)cnc2C(N)=O)cc1. The quantitative estimate of drug-likeness (QED) is 0.560. The molecule has 0 spiro atoms. The highest BCUT2D eigenvalue weighted by Crippen LogP contribution is 2.24. The smallest absolute Gasteiger partial charge is 0.271 e. The minimum atomic E-state index is -0.608. The van der Waals surface area contributed by atoms with E-state index in [4.69, 9.17) is 10.5 Å². The number of carbonyl (C=O) groups is 2. The van der Waals surface area contributed by atoms with Gasteiger partial charge < -0.3 is 31.3 Å². The highest BCUT2D eigenvalue weighted by atomic mass is 16.5. The van der Waals surface area contributed by atoms with Crippen LogP contribution in [0.1, 0.15) is 36.7 Å². The molecule has 0 saturated carbocycles. The van der Waals surface area contributed by atoms with Gasteiger partial charge in [-0.15, -0.1) is 0 Å². The molecule has 1 aromatic heterocycles. The number of nitrogens with one attached hydrogen (secondary N) is 1. The number of primary amides is 2. The number of nitrogens with two attached hydrogens (primary N) is 2. The molecule has 0 aliphatic carbocycles. The van der Waals surface area contributed by atoms with Gasteiger partial charge in [-0.25, -0.2) is 9.97 Å². The second kappa shape index (κ2) is 12.5. The summed E-state index contributed by atoms with van der Waals surface area (Å²) in [4.78, 5) is 34.1. The molecule has 32 heavy (non-hydrogen) atoms. The maximum Gasteiger partial charge on any atom is 0.271 e. The number of anilines is 3. The molecule has 1 aliphatic heterocycles. The lowest BCUT2D eigenvalue weighted by molar-refractivity contribution is -0.115. The van der Waals surface area contributed by atoms with E-state index in [0.717, 1.165) is 49.7 Å². The summed E-state index contributed by atoms with van der Waals surface area (Å²) in [7, 11) is 4.01. The Hall–Kier alpha value is -3.40. The number of carbonyl (C=O) groups excluding carboxylic acids is 2. The van der Waals surface area contributed by atoms with Crippen molar-refractivity contribution in [2.75, 3.05) is 50.6 Å². The Kier molecular flexibility index (Phi) is 9.68. The van der Waals surface area contributed by atoms with Gasteiger partial charge in [0.25, 0.3) is 5.91 Å². The highest BCUT2D eigenvalue weighted by Gasteiger charge is 2.18. The molecule has 2 heterocycles. The summed E-state index contributed by atoms with van der Waals surface area (Å²) in [5.41, 5.74) is 10.9. The summed E-state index contributed by atoms with van der Waals surface area (Å²) in [5, 5.41) is 3.17. The number of ether oxygens (including phenoxy) is 1. The molecule has 174 valence electrons. The summed E-state index contributed by atoms with van der Waals surface area (Å²) in [6.45, 7) is 4.67. The van der Waals surface area contributed by atoms with Crippen LogP contribution in [0.15, 0.2) is 30.5 Å². The molecule has 0 atom stereocenters. The topological polar surface area (TPSA) is 140 Å². The number of amides is 2. The molecule has 0 radical (unpaired) electrons. The summed E-state index contributed by atoms with van der Waals surface area (Å²) in [6.07, 6.45) is 5.13. The summed E-state index contributed by atoms with van der Waals surface area (Å²) >= 11 is 0. The molecule has 0 unspecified atom stereocenters. The third-order valence-electron chi connectivity index (χ3n) is 4.60. The number of benzene rings is 1. The number of hydrogen-bond acceptors (Lipinski definition) is 8. The first-order valence-electron chi connectivity index (χ1n) is 10.6. The fourth-order valence-corrected chi connectivity index (χ4v) is 3.04. The van der Waals surface area contributed by atoms with Crippen molar-refractivity contribution in [1.82, 2.24) is 14.9 Å². The van der Waals surface area contributed by atoms with Gasteiger partial charge in [-0.05, 0) is 57.6 Å². The summed E-state index contributed by atoms with van der Waals surface area (Å²) in [5.74, 6) is 0.979. The molecule has 2 amide bonds. The zero-order valence-corrected chi connectivity index (χ0v) is 19.0. The standard InChI is InChI=1S/C20H28N6O2.C2H5NO/c1-25(2)12-13-28-16-8-6-15(7-9-16)23-20-18(19(21)27)22-14-17(24-20)26-10-4-3-5-11-26;1-2(3)4/h6-9,14H,3-5,10-13H2,1-2H3,(H2,21,27)(H,23,24);1H3,(H2,3,4). The fourth-order valence-electron chi connectivity index (χ4n) is 3.04. The molecule has 1 aromatic carbocycles. The van der Waals surface area contributed by atoms with E-state index in [-0.39, 0.29) is 11.6 Å². The molecular weight excluding hydrogens is 410 g/mol. The van der Waals surface area contributed by atoms with Gasteiger partial charge in [-0.1, -0.05) is 0 Å². The Labute approximate surface area is 188 Å². The van der Waals surface area contributed by atoms with E-state index in [0.29, 0.717) is 12.4 Å². The average molecular weight is 444 g/mol. The summed E-state index contributed by atoms with van der Waals surface area (Å²) < 4.78 is 5.70. The van der Waals surface area contributed by atoms with Crippen LogP contribution in [0, 0.1) is 0 Å². The second-order valence-corrected chi connectivity index (χ2v) is 7.75. The van der Waals surface area contributed by atoms with Crippen molar-refractivity contribution >= 4 is 29.1 Å². The summed E-state index contributed by atoms with van der Waals surface area (Å²) in [6, 6.07) is 7.52. The van der Waals surface area contributed by atoms with E-state index < -0.39 is 5.91 Å². The number of hydrogen-bond donors (Lipinski definition) is 3. The van der Waals surface area contributed by atoms with Gasteiger partial charge >= 0.3 is 0 Å². The van der Waals surface area contributed by atoms with Gasteiger partial charge in [-0.2, -0.15) is 0 Å². The molecule has 1 saturated heterocycles. The zero-order valence-electron chi connectivity index (χ0n) is 19.0. The Morgan fingerprint density at radius 1 is 1.12 bits per heavy atom. The van der Waals surface area contributed by atoms with Crippen molar-refractivity contribution in [1.29, 1.82) is 0 Å². The van der Waals surface area contributed by atoms with Crippen LogP contribution in [0.25, 0.3) is 0 Å². The van der Waals surface area contributed by atoms with Gasteiger partial charge in [0, 0.05) is 32.2 Å². The van der Waals surface area contributed by atoms with Gasteiger partial charge in [0.05, 0.1) is 6.20 Å². The first-order valence-corrected chi connectivity index (χ1v) is 10.6. The van der Waals surface area contributed by atoms with Crippen molar-refractivity contribution < 1.29 is 14.3 Å². The van der Waals surface area contributed by atoms with E-state index in [9.17, 15) is 9.59 Å². The van der Waals surface area contributed by atoms with E-state index in [1.54, 1.807) is 6.20 Å². The Bertz CT molecular complexity index is 878. The number of aromatic nitrogens is 2. The third kappa shape index (κ3) is 8.38. The Balaban J connectivity index is 0.000000837. The molecule has 3 rings (SSSR count). The van der Waals surface area contributed by atoms with Crippen LogP contribution in [0.5, 0.6) is 5.75 Å². The van der Waals surface area contributed by atoms with Crippen LogP contribution in [0.4, 0.5) is 17.3 Å². The molecule has 0 bridgehead atoms. The molecule has 5 N–H and O–H groups in total. The van der Waals surface area contributed by atoms with Gasteiger partial charge in [0.1, 0.15) is 18.2 Å². The van der Waals surface area contributed by atoms with Crippen LogP contribution in [-0.4, -0.2) is 67.0 Å². The lowest BCUT2D eigenvalue weighted by Gasteiger charge is -2.27. The van der Waals surface area contributed by atoms with E-state index in [1.807, 2.05) is 38.4 Å². The van der Waals surface area contributed by atoms with Crippen molar-refractivity contribution in [2.24, 2.45) is 11.5 Å². The highest BCUT2D eigenvalue weighted by molar-refractivity contribution is 5.96. The minimum Gasteiger partial charge on any atom is -0.492 e. The lowest BCUT2D eigenvalue weighted by atomic mass is 10.1. The fraction of sp³-hybridized carbons (Fsp3) is 0.455. The van der Waals surface area contributed by atoms with Crippen LogP contribution in [0.2, 0.25) is 0 Å². The number of likely N-dealkylation sites (N-methyl/N-ethyl adjacent to an activating group) is 1. The molecule has 1 fully saturated rings.